The Kier molecular flexibility index (Phi) is 4.73. The fourth-order valence-electron chi connectivity index (χ4n) is 2.96. The molecule has 1 aromatic heterocycles. The molecule has 6 nitrogen and oxygen atoms in total. The summed E-state index contributed by atoms with van der Waals surface area (Å²) in [6, 6.07) is 10.5. The minimum absolute atomic E-state index is 0.0878. The van der Waals surface area contributed by atoms with Crippen molar-refractivity contribution in [2.75, 3.05) is 26.2 Å². The summed E-state index contributed by atoms with van der Waals surface area (Å²) < 4.78 is 27.2. The second kappa shape index (κ2) is 6.78. The summed E-state index contributed by atoms with van der Waals surface area (Å²) in [5.74, 6) is -0.0878. The van der Waals surface area contributed by atoms with Crippen molar-refractivity contribution in [2.24, 2.45) is 0 Å². The van der Waals surface area contributed by atoms with E-state index in [1.54, 1.807) is 48.4 Å². The second-order valence-corrected chi connectivity index (χ2v) is 7.81. The molecule has 0 atom stereocenters. The number of benzene rings is 1. The molecule has 0 saturated carbocycles. The molecule has 2 heterocycles. The first-order valence-corrected chi connectivity index (χ1v) is 9.42. The highest BCUT2D eigenvalue weighted by Crippen LogP contribution is 2.21. The van der Waals surface area contributed by atoms with Gasteiger partial charge in [-0.05, 0) is 37.1 Å². The highest BCUT2D eigenvalue weighted by molar-refractivity contribution is 7.89. The Hall–Kier alpha value is -2.12. The molecule has 1 fully saturated rings. The Morgan fingerprint density at radius 1 is 1.04 bits per heavy atom. The van der Waals surface area contributed by atoms with Crippen LogP contribution in [0.3, 0.4) is 0 Å². The number of aromatic nitrogens is 1. The van der Waals surface area contributed by atoms with Gasteiger partial charge in [0.15, 0.2) is 0 Å². The number of H-pyrrole nitrogens is 1. The van der Waals surface area contributed by atoms with Crippen molar-refractivity contribution in [3.05, 3.63) is 53.9 Å². The van der Waals surface area contributed by atoms with Gasteiger partial charge in [-0.2, -0.15) is 4.31 Å². The molecule has 7 heteroatoms. The molecular formula is C17H21N3O3S. The number of rotatable bonds is 3. The van der Waals surface area contributed by atoms with Crippen molar-refractivity contribution in [3.63, 3.8) is 0 Å². The number of hydrogen-bond acceptors (Lipinski definition) is 3. The zero-order chi connectivity index (χ0) is 17.2. The molecule has 0 radical (unpaired) electrons. The number of aryl methyl sites for hydroxylation is 1. The smallest absolute Gasteiger partial charge is 0.270 e. The van der Waals surface area contributed by atoms with Gasteiger partial charge in [0.05, 0.1) is 4.90 Å². The molecule has 1 aliphatic rings. The summed E-state index contributed by atoms with van der Waals surface area (Å²) in [7, 11) is -3.53. The zero-order valence-electron chi connectivity index (χ0n) is 13.6. The molecule has 1 amide bonds. The highest BCUT2D eigenvalue weighted by Gasteiger charge is 2.29. The van der Waals surface area contributed by atoms with E-state index in [0.717, 1.165) is 5.56 Å². The summed E-state index contributed by atoms with van der Waals surface area (Å²) >= 11 is 0. The number of amides is 1. The van der Waals surface area contributed by atoms with Crippen LogP contribution in [0.15, 0.2) is 47.5 Å². The van der Waals surface area contributed by atoms with Gasteiger partial charge in [-0.25, -0.2) is 8.42 Å². The maximum Gasteiger partial charge on any atom is 0.270 e. The van der Waals surface area contributed by atoms with E-state index in [9.17, 15) is 13.2 Å². The number of sulfonamides is 1. The van der Waals surface area contributed by atoms with Crippen molar-refractivity contribution in [3.8, 4) is 0 Å². The molecule has 1 saturated heterocycles. The first kappa shape index (κ1) is 16.7. The van der Waals surface area contributed by atoms with E-state index in [-0.39, 0.29) is 5.91 Å². The average molecular weight is 347 g/mol. The van der Waals surface area contributed by atoms with Crippen LogP contribution < -0.4 is 0 Å². The van der Waals surface area contributed by atoms with Gasteiger partial charge >= 0.3 is 0 Å². The van der Waals surface area contributed by atoms with Crippen molar-refractivity contribution >= 4 is 15.9 Å². The molecule has 24 heavy (non-hydrogen) atoms. The zero-order valence-corrected chi connectivity index (χ0v) is 14.4. The summed E-state index contributed by atoms with van der Waals surface area (Å²) in [5.41, 5.74) is 1.27. The van der Waals surface area contributed by atoms with Crippen LogP contribution in [-0.2, 0) is 10.0 Å². The lowest BCUT2D eigenvalue weighted by atomic mass is 10.2. The monoisotopic (exact) mass is 347 g/mol. The predicted molar refractivity (Wildman–Crippen MR) is 91.3 cm³/mol. The van der Waals surface area contributed by atoms with Crippen molar-refractivity contribution in [1.82, 2.24) is 14.2 Å². The molecule has 1 aromatic carbocycles. The molecule has 0 spiro atoms. The first-order chi connectivity index (χ1) is 11.5. The maximum absolute atomic E-state index is 12.9. The SMILES string of the molecule is Cc1ccccc1S(=O)(=O)N1CCCN(C(=O)c2ccc[nH]2)CC1. The molecule has 2 aromatic rings. The van der Waals surface area contributed by atoms with Gasteiger partial charge in [0.2, 0.25) is 10.0 Å². The molecule has 0 aliphatic carbocycles. The largest absolute Gasteiger partial charge is 0.357 e. The third-order valence-corrected chi connectivity index (χ3v) is 6.34. The van der Waals surface area contributed by atoms with E-state index in [1.165, 1.54) is 4.31 Å². The van der Waals surface area contributed by atoms with E-state index >= 15 is 0 Å². The Morgan fingerprint density at radius 3 is 2.54 bits per heavy atom. The summed E-state index contributed by atoms with van der Waals surface area (Å²) in [5, 5.41) is 0. The Bertz CT molecular complexity index is 815. The van der Waals surface area contributed by atoms with Gasteiger partial charge in [-0.3, -0.25) is 4.79 Å². The lowest BCUT2D eigenvalue weighted by molar-refractivity contribution is 0.0759. The first-order valence-electron chi connectivity index (χ1n) is 7.98. The van der Waals surface area contributed by atoms with Gasteiger partial charge in [-0.1, -0.05) is 18.2 Å². The highest BCUT2D eigenvalue weighted by atomic mass is 32.2. The standard InChI is InChI=1S/C17H21N3O3S/c1-14-6-2-3-8-16(14)24(22,23)20-11-5-10-19(12-13-20)17(21)15-7-4-9-18-15/h2-4,6-9,18H,5,10-13H2,1H3. The van der Waals surface area contributed by atoms with E-state index < -0.39 is 10.0 Å². The van der Waals surface area contributed by atoms with Crippen LogP contribution in [0.25, 0.3) is 0 Å². The van der Waals surface area contributed by atoms with Gasteiger partial charge in [0.25, 0.3) is 5.91 Å². The van der Waals surface area contributed by atoms with Gasteiger partial charge in [-0.15, -0.1) is 0 Å². The number of nitrogens with one attached hydrogen (secondary N) is 1. The van der Waals surface area contributed by atoms with Crippen LogP contribution in [-0.4, -0.2) is 54.7 Å². The topological polar surface area (TPSA) is 73.5 Å². The molecular weight excluding hydrogens is 326 g/mol. The summed E-state index contributed by atoms with van der Waals surface area (Å²) in [4.78, 5) is 17.4. The second-order valence-electron chi connectivity index (χ2n) is 5.90. The van der Waals surface area contributed by atoms with E-state index in [4.69, 9.17) is 0 Å². The summed E-state index contributed by atoms with van der Waals surface area (Å²) in [6.45, 7) is 3.47. The van der Waals surface area contributed by atoms with Crippen LogP contribution in [0.1, 0.15) is 22.5 Å². The van der Waals surface area contributed by atoms with Crippen molar-refractivity contribution in [1.29, 1.82) is 0 Å². The Balaban J connectivity index is 1.76. The number of aromatic amines is 1. The number of carbonyl (C=O) groups is 1. The lowest BCUT2D eigenvalue weighted by Gasteiger charge is -2.22. The van der Waals surface area contributed by atoms with E-state index in [2.05, 4.69) is 4.98 Å². The van der Waals surface area contributed by atoms with Crippen LogP contribution in [0.4, 0.5) is 0 Å². The quantitative estimate of drug-likeness (QED) is 0.921. The summed E-state index contributed by atoms with van der Waals surface area (Å²) in [6.07, 6.45) is 2.33. The Labute approximate surface area is 142 Å². The average Bonchev–Trinajstić information content (AvgIpc) is 2.98. The molecule has 0 bridgehead atoms. The number of carbonyl (C=O) groups excluding carboxylic acids is 1. The molecule has 128 valence electrons. The van der Waals surface area contributed by atoms with E-state index in [0.29, 0.717) is 43.2 Å². The van der Waals surface area contributed by atoms with Crippen LogP contribution >= 0.6 is 0 Å². The van der Waals surface area contributed by atoms with Crippen molar-refractivity contribution < 1.29 is 13.2 Å². The normalized spacial score (nSPS) is 16.8. The molecule has 1 N–H and O–H groups in total. The number of hydrogen-bond donors (Lipinski definition) is 1. The van der Waals surface area contributed by atoms with Gasteiger partial charge in [0, 0.05) is 32.4 Å². The predicted octanol–water partition coefficient (Wildman–Crippen LogP) is 1.86. The van der Waals surface area contributed by atoms with Gasteiger partial charge in [0.1, 0.15) is 5.69 Å². The minimum Gasteiger partial charge on any atom is -0.357 e. The Morgan fingerprint density at radius 2 is 1.83 bits per heavy atom. The van der Waals surface area contributed by atoms with Crippen LogP contribution in [0, 0.1) is 6.92 Å². The number of nitrogens with zero attached hydrogens (tertiary/aromatic N) is 2. The van der Waals surface area contributed by atoms with Crippen LogP contribution in [0.2, 0.25) is 0 Å². The lowest BCUT2D eigenvalue weighted by Crippen LogP contribution is -2.37. The minimum atomic E-state index is -3.53. The molecule has 3 rings (SSSR count). The van der Waals surface area contributed by atoms with Gasteiger partial charge < -0.3 is 9.88 Å². The van der Waals surface area contributed by atoms with E-state index in [1.807, 2.05) is 6.07 Å². The fourth-order valence-corrected chi connectivity index (χ4v) is 4.65. The maximum atomic E-state index is 12.9. The molecule has 0 unspecified atom stereocenters. The fraction of sp³-hybridized carbons (Fsp3) is 0.353. The van der Waals surface area contributed by atoms with Crippen molar-refractivity contribution in [2.45, 2.75) is 18.2 Å². The molecule has 1 aliphatic heterocycles. The third kappa shape index (κ3) is 3.22. The van der Waals surface area contributed by atoms with Crippen LogP contribution in [0.5, 0.6) is 0 Å². The third-order valence-electron chi connectivity index (χ3n) is 4.28.